The van der Waals surface area contributed by atoms with Gasteiger partial charge in [0.15, 0.2) is 5.96 Å². The first-order valence-electron chi connectivity index (χ1n) is 12.2. The minimum absolute atomic E-state index is 0.0515. The highest BCUT2D eigenvalue weighted by atomic mass is 16.4. The van der Waals surface area contributed by atoms with Crippen molar-refractivity contribution in [2.45, 2.75) is 83.0 Å². The predicted octanol–water partition coefficient (Wildman–Crippen LogP) is -3.04. The molecule has 0 heterocycles. The third kappa shape index (κ3) is 14.6. The van der Waals surface area contributed by atoms with Gasteiger partial charge in [-0.15, -0.1) is 0 Å². The molecule has 0 saturated heterocycles. The van der Waals surface area contributed by atoms with Gasteiger partial charge in [0.1, 0.15) is 18.1 Å². The van der Waals surface area contributed by atoms with Crippen LogP contribution in [0.4, 0.5) is 0 Å². The van der Waals surface area contributed by atoms with E-state index in [1.165, 1.54) is 0 Å². The predicted molar refractivity (Wildman–Crippen MR) is 137 cm³/mol. The molecule has 0 bridgehead atoms. The van der Waals surface area contributed by atoms with Crippen molar-refractivity contribution in [1.82, 2.24) is 16.0 Å². The van der Waals surface area contributed by atoms with Crippen LogP contribution >= 0.6 is 0 Å². The normalized spacial score (nSPS) is 14.1. The average Bonchev–Trinajstić information content (AvgIpc) is 2.80. The van der Waals surface area contributed by atoms with E-state index in [1.807, 2.05) is 0 Å². The van der Waals surface area contributed by atoms with E-state index in [0.29, 0.717) is 32.2 Å². The number of primary amides is 1. The smallest absolute Gasteiger partial charge is 0.326 e. The van der Waals surface area contributed by atoms with Crippen molar-refractivity contribution in [2.24, 2.45) is 39.6 Å². The van der Waals surface area contributed by atoms with Crippen LogP contribution < -0.4 is 44.6 Å². The second-order valence-electron chi connectivity index (χ2n) is 9.04. The van der Waals surface area contributed by atoms with Crippen LogP contribution in [0.25, 0.3) is 0 Å². The van der Waals surface area contributed by atoms with E-state index in [-0.39, 0.29) is 31.8 Å². The van der Waals surface area contributed by atoms with Crippen LogP contribution in [0.3, 0.4) is 0 Å². The van der Waals surface area contributed by atoms with Gasteiger partial charge in [0, 0.05) is 13.0 Å². The third-order valence-corrected chi connectivity index (χ3v) is 5.43. The lowest BCUT2D eigenvalue weighted by molar-refractivity contribution is -0.142. The molecule has 0 rings (SSSR count). The van der Waals surface area contributed by atoms with Gasteiger partial charge in [-0.25, -0.2) is 4.79 Å². The molecule has 37 heavy (non-hydrogen) atoms. The maximum Gasteiger partial charge on any atom is 0.326 e. The minimum atomic E-state index is -1.26. The lowest BCUT2D eigenvalue weighted by Crippen LogP contribution is -2.58. The summed E-state index contributed by atoms with van der Waals surface area (Å²) < 4.78 is 0. The van der Waals surface area contributed by atoms with Gasteiger partial charge in [-0.2, -0.15) is 0 Å². The number of carboxylic acid groups (broad SMARTS) is 1. The van der Waals surface area contributed by atoms with Crippen LogP contribution in [0.1, 0.15) is 58.8 Å². The Labute approximate surface area is 216 Å². The number of hydrogen-bond acceptors (Lipinski definition) is 8. The highest BCUT2D eigenvalue weighted by Gasteiger charge is 2.31. The Bertz CT molecular complexity index is 802. The number of hydrogen-bond donors (Lipinski definition) is 9. The van der Waals surface area contributed by atoms with Crippen molar-refractivity contribution in [2.75, 3.05) is 13.1 Å². The fourth-order valence-electron chi connectivity index (χ4n) is 3.29. The molecule has 0 spiro atoms. The highest BCUT2D eigenvalue weighted by Crippen LogP contribution is 2.08. The number of carbonyl (C=O) groups excluding carboxylic acids is 4. The second-order valence-corrected chi connectivity index (χ2v) is 9.04. The van der Waals surface area contributed by atoms with Crippen LogP contribution in [0.2, 0.25) is 0 Å². The number of aliphatic carboxylic acids is 1. The fourth-order valence-corrected chi connectivity index (χ4v) is 3.29. The zero-order chi connectivity index (χ0) is 28.5. The van der Waals surface area contributed by atoms with Crippen molar-refractivity contribution in [1.29, 1.82) is 0 Å². The summed E-state index contributed by atoms with van der Waals surface area (Å²) in [6, 6.07) is -4.45. The van der Waals surface area contributed by atoms with Crippen LogP contribution in [0.5, 0.6) is 0 Å². The number of guanidine groups is 1. The first-order valence-corrected chi connectivity index (χ1v) is 12.2. The largest absolute Gasteiger partial charge is 0.480 e. The number of nitrogens with zero attached hydrogens (tertiary/aromatic N) is 1. The van der Waals surface area contributed by atoms with Gasteiger partial charge in [-0.3, -0.25) is 24.2 Å². The van der Waals surface area contributed by atoms with E-state index in [0.717, 1.165) is 0 Å². The Hall–Kier alpha value is -3.46. The quantitative estimate of drug-likeness (QED) is 0.0463. The number of rotatable bonds is 19. The molecule has 4 unspecified atom stereocenters. The minimum Gasteiger partial charge on any atom is -0.480 e. The van der Waals surface area contributed by atoms with Gasteiger partial charge < -0.3 is 49.7 Å². The van der Waals surface area contributed by atoms with Gasteiger partial charge >= 0.3 is 5.97 Å². The number of unbranched alkanes of at least 4 members (excludes halogenated alkanes) is 1. The van der Waals surface area contributed by atoms with Crippen molar-refractivity contribution in [3.05, 3.63) is 0 Å². The summed E-state index contributed by atoms with van der Waals surface area (Å²) in [4.78, 5) is 65.1. The van der Waals surface area contributed by atoms with Crippen LogP contribution in [-0.2, 0) is 24.0 Å². The van der Waals surface area contributed by atoms with Crippen molar-refractivity contribution in [3.63, 3.8) is 0 Å². The molecule has 0 fully saturated rings. The summed E-state index contributed by atoms with van der Waals surface area (Å²) in [5.41, 5.74) is 27.0. The van der Waals surface area contributed by atoms with Crippen LogP contribution in [0, 0.1) is 5.92 Å². The van der Waals surface area contributed by atoms with E-state index in [4.69, 9.17) is 28.7 Å². The fraction of sp³-hybridized carbons (Fsp3) is 0.727. The van der Waals surface area contributed by atoms with E-state index in [2.05, 4.69) is 20.9 Å². The van der Waals surface area contributed by atoms with Gasteiger partial charge in [0.2, 0.25) is 23.6 Å². The molecule has 14 N–H and O–H groups in total. The summed E-state index contributed by atoms with van der Waals surface area (Å²) in [6.07, 6.45) is 1.69. The van der Waals surface area contributed by atoms with E-state index < -0.39 is 59.7 Å². The first-order chi connectivity index (χ1) is 17.3. The molecule has 0 aromatic heterocycles. The number of carboxylic acids is 1. The molecule has 4 amide bonds. The Morgan fingerprint density at radius 3 is 1.95 bits per heavy atom. The number of aliphatic imine (C=N–C) groups is 1. The summed E-state index contributed by atoms with van der Waals surface area (Å²) in [7, 11) is 0. The van der Waals surface area contributed by atoms with E-state index in [1.54, 1.807) is 13.8 Å². The molecule has 0 radical (unpaired) electrons. The zero-order valence-corrected chi connectivity index (χ0v) is 21.6. The Balaban J connectivity index is 5.39. The molecule has 212 valence electrons. The molecule has 15 heteroatoms. The monoisotopic (exact) mass is 529 g/mol. The summed E-state index contributed by atoms with van der Waals surface area (Å²) in [5, 5.41) is 16.9. The number of carbonyl (C=O) groups is 5. The Morgan fingerprint density at radius 2 is 1.43 bits per heavy atom. The molecule has 15 nitrogen and oxygen atoms in total. The second kappa shape index (κ2) is 17.9. The Kier molecular flexibility index (Phi) is 16.2. The van der Waals surface area contributed by atoms with Gasteiger partial charge in [-0.1, -0.05) is 20.3 Å². The highest BCUT2D eigenvalue weighted by molar-refractivity contribution is 5.94. The first kappa shape index (κ1) is 33.5. The zero-order valence-electron chi connectivity index (χ0n) is 21.6. The maximum absolute atomic E-state index is 13.0. The molecule has 0 saturated carbocycles. The van der Waals surface area contributed by atoms with E-state index >= 15 is 0 Å². The Morgan fingerprint density at radius 1 is 0.811 bits per heavy atom. The van der Waals surface area contributed by atoms with Crippen molar-refractivity contribution in [3.8, 4) is 0 Å². The van der Waals surface area contributed by atoms with Crippen molar-refractivity contribution >= 4 is 35.6 Å². The topological polar surface area (TPSA) is 284 Å². The molecule has 4 atom stereocenters. The van der Waals surface area contributed by atoms with E-state index in [9.17, 15) is 29.1 Å². The molecule has 0 aliphatic rings. The van der Waals surface area contributed by atoms with Gasteiger partial charge in [-0.05, 0) is 44.6 Å². The van der Waals surface area contributed by atoms with Crippen LogP contribution in [-0.4, -0.2) is 77.9 Å². The van der Waals surface area contributed by atoms with Crippen molar-refractivity contribution < 1.29 is 29.1 Å². The molecule has 0 aliphatic heterocycles. The summed E-state index contributed by atoms with van der Waals surface area (Å²) in [6.45, 7) is 3.95. The molecule has 0 aromatic rings. The number of nitrogens with two attached hydrogens (primary N) is 5. The third-order valence-electron chi connectivity index (χ3n) is 5.43. The molecule has 0 aliphatic carbocycles. The standard InChI is InChI=1S/C22H43N9O6/c1-12(2)17(20(35)30-15(21(36)37)7-5-11-28-22(26)27)31-19(34)14(8-9-16(25)32)29-18(33)13(24)6-3-4-10-23/h12-15,17H,3-11,23-24H2,1-2H3,(H2,25,32)(H,29,33)(H,30,35)(H,31,34)(H,36,37)(H4,26,27,28). The van der Waals surface area contributed by atoms with Gasteiger partial charge in [0.25, 0.3) is 0 Å². The SMILES string of the molecule is CC(C)C(NC(=O)C(CCC(N)=O)NC(=O)C(N)CCCCN)C(=O)NC(CCCN=C(N)N)C(=O)O. The average molecular weight is 530 g/mol. The maximum atomic E-state index is 13.0. The summed E-state index contributed by atoms with van der Waals surface area (Å²) >= 11 is 0. The molecular formula is C22H43N9O6. The lowest BCUT2D eigenvalue weighted by Gasteiger charge is -2.27. The number of nitrogens with one attached hydrogen (secondary N) is 3. The lowest BCUT2D eigenvalue weighted by atomic mass is 10.0. The van der Waals surface area contributed by atoms with Gasteiger partial charge in [0.05, 0.1) is 6.04 Å². The summed E-state index contributed by atoms with van der Waals surface area (Å²) in [5.74, 6) is -4.57. The van der Waals surface area contributed by atoms with Crippen LogP contribution in [0.15, 0.2) is 4.99 Å². The molecule has 0 aromatic carbocycles. The molecular weight excluding hydrogens is 486 g/mol. The number of amides is 4.